The van der Waals surface area contributed by atoms with Gasteiger partial charge >= 0.3 is 0 Å². The molecule has 2 aliphatic carbocycles. The van der Waals surface area contributed by atoms with Crippen LogP contribution in [0, 0.1) is 6.92 Å². The van der Waals surface area contributed by atoms with Crippen LogP contribution in [0.5, 0.6) is 0 Å². The number of Topliss-reactive ketones (excluding diaryl/α,β-unsaturated/α-hetero) is 1. The van der Waals surface area contributed by atoms with Crippen molar-refractivity contribution in [3.63, 3.8) is 0 Å². The first-order chi connectivity index (χ1) is 12.1. The molecule has 0 saturated heterocycles. The Labute approximate surface area is 147 Å². The first kappa shape index (κ1) is 16.1. The number of H-pyrrole nitrogens is 1. The summed E-state index contributed by atoms with van der Waals surface area (Å²) >= 11 is 0. The van der Waals surface area contributed by atoms with Gasteiger partial charge in [-0.3, -0.25) is 9.59 Å². The van der Waals surface area contributed by atoms with Crippen molar-refractivity contribution in [2.75, 3.05) is 5.32 Å². The average molecular weight is 340 g/mol. The van der Waals surface area contributed by atoms with Gasteiger partial charge in [0.2, 0.25) is 0 Å². The summed E-state index contributed by atoms with van der Waals surface area (Å²) in [6.07, 6.45) is 9.90. The van der Waals surface area contributed by atoms with E-state index in [-0.39, 0.29) is 11.7 Å². The molecule has 0 aromatic carbocycles. The quantitative estimate of drug-likeness (QED) is 0.892. The lowest BCUT2D eigenvalue weighted by Gasteiger charge is -2.23. The Kier molecular flexibility index (Phi) is 4.19. The van der Waals surface area contributed by atoms with E-state index in [0.717, 1.165) is 48.3 Å². The summed E-state index contributed by atoms with van der Waals surface area (Å²) in [6.45, 7) is 1.85. The van der Waals surface area contributed by atoms with E-state index in [1.54, 1.807) is 6.20 Å². The van der Waals surface area contributed by atoms with Crippen molar-refractivity contribution in [1.29, 1.82) is 0 Å². The molecule has 1 saturated carbocycles. The second-order valence-corrected chi connectivity index (χ2v) is 7.16. The molecule has 6 heteroatoms. The molecule has 1 fully saturated rings. The smallest absolute Gasteiger partial charge is 0.273 e. The highest BCUT2D eigenvalue weighted by Gasteiger charge is 2.27. The molecule has 1 amide bonds. The van der Waals surface area contributed by atoms with Crippen LogP contribution in [0.25, 0.3) is 0 Å². The Morgan fingerprint density at radius 2 is 2.04 bits per heavy atom. The van der Waals surface area contributed by atoms with Gasteiger partial charge in [0.05, 0.1) is 12.2 Å². The predicted molar refractivity (Wildman–Crippen MR) is 95.1 cm³/mol. The lowest BCUT2D eigenvalue weighted by atomic mass is 9.94. The molecule has 2 aromatic heterocycles. The summed E-state index contributed by atoms with van der Waals surface area (Å²) in [5.41, 5.74) is 2.88. The van der Waals surface area contributed by atoms with Crippen molar-refractivity contribution in [1.82, 2.24) is 14.8 Å². The number of rotatable bonds is 3. The van der Waals surface area contributed by atoms with Crippen molar-refractivity contribution < 1.29 is 9.59 Å². The molecule has 6 nitrogen and oxygen atoms in total. The van der Waals surface area contributed by atoms with E-state index in [9.17, 15) is 9.59 Å². The van der Waals surface area contributed by atoms with Crippen molar-refractivity contribution in [3.05, 3.63) is 34.8 Å². The first-order valence-corrected chi connectivity index (χ1v) is 9.24. The van der Waals surface area contributed by atoms with E-state index in [4.69, 9.17) is 0 Å². The standard InChI is InChI=1S/C19H24N4O2/c1-12-17-14(8-5-9-15(17)24)21-18(12)19(25)22-16-10-11-20-23(16)13-6-3-2-4-7-13/h10-11,13,21H,2-9H2,1H3,(H,22,25). The summed E-state index contributed by atoms with van der Waals surface area (Å²) in [5, 5.41) is 7.41. The molecule has 0 aliphatic heterocycles. The zero-order valence-electron chi connectivity index (χ0n) is 14.6. The monoisotopic (exact) mass is 340 g/mol. The number of aromatic nitrogens is 3. The number of aryl methyl sites for hydroxylation is 1. The molecular weight excluding hydrogens is 316 g/mol. The van der Waals surface area contributed by atoms with Crippen LogP contribution < -0.4 is 5.32 Å². The van der Waals surface area contributed by atoms with Crippen molar-refractivity contribution in [2.24, 2.45) is 0 Å². The molecule has 0 unspecified atom stereocenters. The number of aromatic amines is 1. The van der Waals surface area contributed by atoms with Crippen LogP contribution in [-0.4, -0.2) is 26.5 Å². The molecule has 132 valence electrons. The first-order valence-electron chi connectivity index (χ1n) is 9.24. The second-order valence-electron chi connectivity index (χ2n) is 7.16. The highest BCUT2D eigenvalue weighted by molar-refractivity contribution is 6.08. The van der Waals surface area contributed by atoms with Crippen molar-refractivity contribution >= 4 is 17.5 Å². The highest BCUT2D eigenvalue weighted by atomic mass is 16.2. The third-order valence-electron chi connectivity index (χ3n) is 5.50. The van der Waals surface area contributed by atoms with E-state index in [2.05, 4.69) is 15.4 Å². The van der Waals surface area contributed by atoms with Crippen molar-refractivity contribution in [2.45, 2.75) is 64.3 Å². The molecule has 0 atom stereocenters. The number of carbonyl (C=O) groups excluding carboxylic acids is 2. The van der Waals surface area contributed by atoms with Crippen LogP contribution in [0.2, 0.25) is 0 Å². The summed E-state index contributed by atoms with van der Waals surface area (Å²) < 4.78 is 1.94. The van der Waals surface area contributed by atoms with Crippen LogP contribution in [0.15, 0.2) is 12.3 Å². The normalized spacial score (nSPS) is 18.2. The Morgan fingerprint density at radius 3 is 2.80 bits per heavy atom. The number of hydrogen-bond donors (Lipinski definition) is 2. The van der Waals surface area contributed by atoms with Crippen LogP contribution in [-0.2, 0) is 6.42 Å². The molecule has 2 aliphatic rings. The lowest BCUT2D eigenvalue weighted by molar-refractivity contribution is 0.0971. The van der Waals surface area contributed by atoms with Gasteiger partial charge in [-0.05, 0) is 38.2 Å². The van der Waals surface area contributed by atoms with Gasteiger partial charge in [-0.25, -0.2) is 4.68 Å². The number of ketones is 1. The maximum absolute atomic E-state index is 12.8. The van der Waals surface area contributed by atoms with Gasteiger partial charge in [-0.15, -0.1) is 0 Å². The number of amides is 1. The molecule has 0 radical (unpaired) electrons. The third-order valence-corrected chi connectivity index (χ3v) is 5.50. The van der Waals surface area contributed by atoms with E-state index in [1.165, 1.54) is 19.3 Å². The summed E-state index contributed by atoms with van der Waals surface area (Å²) in [4.78, 5) is 28.1. The lowest BCUT2D eigenvalue weighted by Crippen LogP contribution is -2.21. The van der Waals surface area contributed by atoms with E-state index in [0.29, 0.717) is 18.2 Å². The minimum Gasteiger partial charge on any atom is -0.354 e. The molecule has 0 spiro atoms. The maximum atomic E-state index is 12.8. The number of anilines is 1. The summed E-state index contributed by atoms with van der Waals surface area (Å²) in [5.74, 6) is 0.675. The van der Waals surface area contributed by atoms with Gasteiger partial charge in [-0.1, -0.05) is 19.3 Å². The molecule has 2 aromatic rings. The Hall–Kier alpha value is -2.37. The fourth-order valence-electron chi connectivity index (χ4n) is 4.21. The molecular formula is C19H24N4O2. The number of carbonyl (C=O) groups is 2. The molecule has 0 bridgehead atoms. The van der Waals surface area contributed by atoms with Gasteiger partial charge in [0.15, 0.2) is 5.78 Å². The van der Waals surface area contributed by atoms with Crippen LogP contribution in [0.1, 0.15) is 83.1 Å². The van der Waals surface area contributed by atoms with Gasteiger partial charge in [0.1, 0.15) is 11.5 Å². The maximum Gasteiger partial charge on any atom is 0.273 e. The third kappa shape index (κ3) is 2.90. The number of fused-ring (bicyclic) bond motifs is 1. The highest BCUT2D eigenvalue weighted by Crippen LogP contribution is 2.31. The van der Waals surface area contributed by atoms with E-state index >= 15 is 0 Å². The minimum absolute atomic E-state index is 0.140. The molecule has 2 heterocycles. The van der Waals surface area contributed by atoms with Crippen LogP contribution in [0.4, 0.5) is 5.82 Å². The van der Waals surface area contributed by atoms with Crippen LogP contribution >= 0.6 is 0 Å². The fraction of sp³-hybridized carbons (Fsp3) is 0.526. The summed E-state index contributed by atoms with van der Waals surface area (Å²) in [7, 11) is 0. The van der Waals surface area contributed by atoms with Gasteiger partial charge in [0.25, 0.3) is 5.91 Å². The largest absolute Gasteiger partial charge is 0.354 e. The number of nitrogens with one attached hydrogen (secondary N) is 2. The van der Waals surface area contributed by atoms with E-state index in [1.807, 2.05) is 17.7 Å². The topological polar surface area (TPSA) is 79.8 Å². The van der Waals surface area contributed by atoms with Crippen molar-refractivity contribution in [3.8, 4) is 0 Å². The van der Waals surface area contributed by atoms with Gasteiger partial charge < -0.3 is 10.3 Å². The predicted octanol–water partition coefficient (Wildman–Crippen LogP) is 3.80. The number of nitrogens with zero attached hydrogens (tertiary/aromatic N) is 2. The average Bonchev–Trinajstić information content (AvgIpc) is 3.21. The molecule has 2 N–H and O–H groups in total. The molecule has 4 rings (SSSR count). The SMILES string of the molecule is Cc1c(C(=O)Nc2ccnn2C2CCCCC2)[nH]c2c1C(=O)CCC2. The zero-order chi connectivity index (χ0) is 17.4. The minimum atomic E-state index is -0.197. The number of hydrogen-bond acceptors (Lipinski definition) is 3. The Bertz CT molecular complexity index is 812. The van der Waals surface area contributed by atoms with Crippen LogP contribution in [0.3, 0.4) is 0 Å². The summed E-state index contributed by atoms with van der Waals surface area (Å²) in [6, 6.07) is 2.20. The zero-order valence-corrected chi connectivity index (χ0v) is 14.6. The molecule has 25 heavy (non-hydrogen) atoms. The van der Waals surface area contributed by atoms with Gasteiger partial charge in [0, 0.05) is 23.7 Å². The van der Waals surface area contributed by atoms with E-state index < -0.39 is 0 Å². The Morgan fingerprint density at radius 1 is 1.24 bits per heavy atom. The Balaban J connectivity index is 1.57. The fourth-order valence-corrected chi connectivity index (χ4v) is 4.21. The van der Waals surface area contributed by atoms with Gasteiger partial charge in [-0.2, -0.15) is 5.10 Å². The second kappa shape index (κ2) is 6.50.